The Bertz CT molecular complexity index is 1060. The summed E-state index contributed by atoms with van der Waals surface area (Å²) in [5.74, 6) is -0.141. The van der Waals surface area contributed by atoms with Crippen molar-refractivity contribution in [2.75, 3.05) is 13.6 Å². The van der Waals surface area contributed by atoms with Gasteiger partial charge in [-0.2, -0.15) is 5.10 Å². The van der Waals surface area contributed by atoms with Gasteiger partial charge in [0.25, 0.3) is 5.91 Å². The van der Waals surface area contributed by atoms with Crippen molar-refractivity contribution in [2.24, 2.45) is 11.5 Å². The minimum atomic E-state index is -0.636. The van der Waals surface area contributed by atoms with E-state index in [1.54, 1.807) is 21.7 Å². The first kappa shape index (κ1) is 23.1. The number of halogens is 1. The molecule has 7 nitrogen and oxygen atoms in total. The zero-order chi connectivity index (χ0) is 23.1. The van der Waals surface area contributed by atoms with E-state index in [0.717, 1.165) is 12.3 Å². The number of benzene rings is 2. The van der Waals surface area contributed by atoms with Gasteiger partial charge in [-0.3, -0.25) is 14.3 Å². The molecule has 0 radical (unpaired) electrons. The van der Waals surface area contributed by atoms with Crippen LogP contribution in [-0.4, -0.2) is 40.6 Å². The second-order valence-corrected chi connectivity index (χ2v) is 7.53. The summed E-state index contributed by atoms with van der Waals surface area (Å²) in [6.45, 7) is 1.26. The molecule has 1 saturated carbocycles. The van der Waals surface area contributed by atoms with Crippen molar-refractivity contribution < 1.29 is 14.0 Å². The molecule has 1 fully saturated rings. The van der Waals surface area contributed by atoms with Gasteiger partial charge in [-0.25, -0.2) is 4.39 Å². The molecule has 1 aliphatic carbocycles. The number of primary amides is 1. The number of hydrogen-bond donors (Lipinski definition) is 2. The summed E-state index contributed by atoms with van der Waals surface area (Å²) >= 11 is 0. The summed E-state index contributed by atoms with van der Waals surface area (Å²) in [7, 11) is 1.50. The number of nitrogens with two attached hydrogens (primary N) is 2. The van der Waals surface area contributed by atoms with Gasteiger partial charge in [-0.05, 0) is 43.5 Å². The van der Waals surface area contributed by atoms with Crippen molar-refractivity contribution in [2.45, 2.75) is 31.8 Å². The van der Waals surface area contributed by atoms with Crippen molar-refractivity contribution in [3.8, 4) is 11.3 Å². The number of carbonyl (C=O) groups is 2. The molecular formula is C24H28FN5O2. The van der Waals surface area contributed by atoms with E-state index in [0.29, 0.717) is 30.0 Å². The Labute approximate surface area is 186 Å². The van der Waals surface area contributed by atoms with Crippen molar-refractivity contribution in [3.05, 3.63) is 77.2 Å². The van der Waals surface area contributed by atoms with Crippen LogP contribution in [0, 0.1) is 5.82 Å². The molecule has 0 unspecified atom stereocenters. The second kappa shape index (κ2) is 10.7. The average Bonchev–Trinajstić information content (AvgIpc) is 3.61. The van der Waals surface area contributed by atoms with E-state index < -0.39 is 11.7 Å². The fraction of sp³-hybridized carbons (Fsp3) is 0.292. The van der Waals surface area contributed by atoms with E-state index in [9.17, 15) is 14.0 Å². The van der Waals surface area contributed by atoms with Crippen molar-refractivity contribution in [3.63, 3.8) is 0 Å². The maximum Gasteiger partial charge on any atom is 0.252 e. The molecule has 3 aromatic rings. The highest BCUT2D eigenvalue weighted by Crippen LogP contribution is 2.39. The highest BCUT2D eigenvalue weighted by Gasteiger charge is 2.27. The van der Waals surface area contributed by atoms with Crippen LogP contribution in [0.5, 0.6) is 0 Å². The first-order valence-electron chi connectivity index (χ1n) is 10.5. The number of rotatable bonds is 4. The highest BCUT2D eigenvalue weighted by molar-refractivity contribution is 6.00. The lowest BCUT2D eigenvalue weighted by Gasteiger charge is -2.24. The van der Waals surface area contributed by atoms with Crippen LogP contribution in [0.2, 0.25) is 0 Å². The molecule has 5 rings (SSSR count). The van der Waals surface area contributed by atoms with E-state index in [-0.39, 0.29) is 12.1 Å². The zero-order valence-electron chi connectivity index (χ0n) is 18.1. The van der Waals surface area contributed by atoms with Gasteiger partial charge in [-0.1, -0.05) is 42.5 Å². The highest BCUT2D eigenvalue weighted by atomic mass is 19.1. The van der Waals surface area contributed by atoms with Crippen LogP contribution < -0.4 is 11.5 Å². The summed E-state index contributed by atoms with van der Waals surface area (Å²) in [6.07, 6.45) is 3.54. The lowest BCUT2D eigenvalue weighted by molar-refractivity contribution is -0.119. The summed E-state index contributed by atoms with van der Waals surface area (Å²) < 4.78 is 15.0. The monoisotopic (exact) mass is 437 g/mol. The maximum atomic E-state index is 13.4. The molecule has 2 amide bonds. The average molecular weight is 438 g/mol. The molecule has 1 aliphatic heterocycles. The molecule has 8 heteroatoms. The van der Waals surface area contributed by atoms with Crippen LogP contribution in [0.15, 0.2) is 54.6 Å². The normalized spacial score (nSPS) is 14.3. The van der Waals surface area contributed by atoms with Gasteiger partial charge in [-0.15, -0.1) is 0 Å². The Morgan fingerprint density at radius 1 is 1.09 bits per heavy atom. The summed E-state index contributed by atoms with van der Waals surface area (Å²) in [4.78, 5) is 24.2. The molecule has 0 spiro atoms. The third-order valence-electron chi connectivity index (χ3n) is 5.35. The topological polar surface area (TPSA) is 107 Å². The van der Waals surface area contributed by atoms with Crippen LogP contribution in [0.1, 0.15) is 40.4 Å². The van der Waals surface area contributed by atoms with Gasteiger partial charge in [0.05, 0.1) is 24.3 Å². The molecule has 2 aliphatic rings. The van der Waals surface area contributed by atoms with Gasteiger partial charge in [0.1, 0.15) is 11.5 Å². The van der Waals surface area contributed by atoms with Gasteiger partial charge in [0.2, 0.25) is 6.41 Å². The minimum Gasteiger partial charge on any atom is -0.365 e. The standard InChI is InChI=1S/C14H13FN4O2.C9H10.CH5N/c15-10-3-1-2-9(6-10)13-12(14(16)21)11-7-18(8-20)4-5-19(11)17-13;1-2-4-8(5-3-1)9-6-7-9;1-2/h1-3,6,8H,4-5,7H2,(H2,16,21);1-5,9H,6-7H2;2H2,1H3. The lowest BCUT2D eigenvalue weighted by atomic mass is 10.0. The van der Waals surface area contributed by atoms with Gasteiger partial charge < -0.3 is 16.4 Å². The maximum absolute atomic E-state index is 13.4. The zero-order valence-corrected chi connectivity index (χ0v) is 18.1. The van der Waals surface area contributed by atoms with E-state index in [1.807, 2.05) is 0 Å². The van der Waals surface area contributed by atoms with Gasteiger partial charge >= 0.3 is 0 Å². The van der Waals surface area contributed by atoms with E-state index in [1.165, 1.54) is 37.6 Å². The lowest BCUT2D eigenvalue weighted by Crippen LogP contribution is -2.34. The largest absolute Gasteiger partial charge is 0.365 e. The first-order chi connectivity index (χ1) is 15.6. The quantitative estimate of drug-likeness (QED) is 0.612. The van der Waals surface area contributed by atoms with Crippen LogP contribution in [0.4, 0.5) is 4.39 Å². The van der Waals surface area contributed by atoms with Crippen molar-refractivity contribution in [1.82, 2.24) is 14.7 Å². The Balaban J connectivity index is 0.000000218. The van der Waals surface area contributed by atoms with E-state index >= 15 is 0 Å². The van der Waals surface area contributed by atoms with Crippen molar-refractivity contribution in [1.29, 1.82) is 0 Å². The number of fused-ring (bicyclic) bond motifs is 1. The third-order valence-corrected chi connectivity index (χ3v) is 5.35. The molecule has 32 heavy (non-hydrogen) atoms. The Morgan fingerprint density at radius 2 is 1.81 bits per heavy atom. The Kier molecular flexibility index (Phi) is 7.72. The molecule has 0 saturated heterocycles. The molecule has 2 heterocycles. The number of aromatic nitrogens is 2. The fourth-order valence-electron chi connectivity index (χ4n) is 3.67. The molecule has 168 valence electrons. The number of nitrogens with zero attached hydrogens (tertiary/aromatic N) is 3. The van der Waals surface area contributed by atoms with Gasteiger partial charge in [0, 0.05) is 12.1 Å². The number of amides is 2. The van der Waals surface area contributed by atoms with Crippen LogP contribution >= 0.6 is 0 Å². The predicted molar refractivity (Wildman–Crippen MR) is 121 cm³/mol. The third kappa shape index (κ3) is 5.39. The van der Waals surface area contributed by atoms with E-state index in [4.69, 9.17) is 5.73 Å². The molecular weight excluding hydrogens is 409 g/mol. The summed E-state index contributed by atoms with van der Waals surface area (Å²) in [5, 5.41) is 4.36. The SMILES string of the molecule is CN.NC(=O)c1c(-c2cccc(F)c2)nn2c1CN(C=O)CC2.c1ccc(C2CC2)cc1. The number of hydrogen-bond acceptors (Lipinski definition) is 4. The molecule has 1 aromatic heterocycles. The summed E-state index contributed by atoms with van der Waals surface area (Å²) in [5.41, 5.74) is 13.1. The van der Waals surface area contributed by atoms with Crippen LogP contribution in [0.3, 0.4) is 0 Å². The number of carbonyl (C=O) groups excluding carboxylic acids is 2. The Hall–Kier alpha value is -3.52. The molecule has 4 N–H and O–H groups in total. The fourth-order valence-corrected chi connectivity index (χ4v) is 3.67. The van der Waals surface area contributed by atoms with Crippen LogP contribution in [0.25, 0.3) is 11.3 Å². The van der Waals surface area contributed by atoms with Gasteiger partial charge in [0.15, 0.2) is 0 Å². The smallest absolute Gasteiger partial charge is 0.252 e. The molecule has 0 bridgehead atoms. The van der Waals surface area contributed by atoms with E-state index in [2.05, 4.69) is 41.2 Å². The molecule has 0 atom stereocenters. The first-order valence-corrected chi connectivity index (χ1v) is 10.5. The molecule has 2 aromatic carbocycles. The minimum absolute atomic E-state index is 0.243. The van der Waals surface area contributed by atoms with Crippen molar-refractivity contribution >= 4 is 12.3 Å². The Morgan fingerprint density at radius 3 is 2.41 bits per heavy atom. The second-order valence-electron chi connectivity index (χ2n) is 7.53. The summed E-state index contributed by atoms with van der Waals surface area (Å²) in [6, 6.07) is 16.6. The van der Waals surface area contributed by atoms with Crippen LogP contribution in [-0.2, 0) is 17.9 Å². The predicted octanol–water partition coefficient (Wildman–Crippen LogP) is 2.90.